The highest BCUT2D eigenvalue weighted by Crippen LogP contribution is 2.19. The smallest absolute Gasteiger partial charge is 0.253 e. The molecule has 0 unspecified atom stereocenters. The molecule has 0 bridgehead atoms. The number of carbonyl (C=O) groups is 1. The molecule has 1 saturated heterocycles. The number of amides is 1. The molecule has 1 amide bonds. The van der Waals surface area contributed by atoms with Crippen LogP contribution >= 0.6 is 0 Å². The van der Waals surface area contributed by atoms with Gasteiger partial charge in [-0.2, -0.15) is 0 Å². The van der Waals surface area contributed by atoms with Crippen molar-refractivity contribution >= 4 is 5.91 Å². The summed E-state index contributed by atoms with van der Waals surface area (Å²) in [5.74, 6) is 1.27. The average molecular weight is 246 g/mol. The Morgan fingerprint density at radius 3 is 2.67 bits per heavy atom. The van der Waals surface area contributed by atoms with Crippen LogP contribution in [0.25, 0.3) is 0 Å². The first-order chi connectivity index (χ1) is 8.58. The molecule has 0 N–H and O–H groups in total. The van der Waals surface area contributed by atoms with E-state index in [1.807, 2.05) is 17.0 Å². The van der Waals surface area contributed by atoms with Crippen molar-refractivity contribution in [2.75, 3.05) is 13.1 Å². The second-order valence-electron chi connectivity index (χ2n) is 5.60. The molecule has 0 aliphatic carbocycles. The second kappa shape index (κ2) is 5.51. The summed E-state index contributed by atoms with van der Waals surface area (Å²) < 4.78 is 0. The Kier molecular flexibility index (Phi) is 4.00. The maximum atomic E-state index is 12.4. The summed E-state index contributed by atoms with van der Waals surface area (Å²) in [6.07, 6.45) is 3.98. The first-order valence-corrected chi connectivity index (χ1v) is 6.83. The largest absolute Gasteiger partial charge is 0.339 e. The summed E-state index contributed by atoms with van der Waals surface area (Å²) in [5.41, 5.74) is 1.77. The van der Waals surface area contributed by atoms with E-state index in [9.17, 15) is 4.79 Å². The molecule has 0 radical (unpaired) electrons. The van der Waals surface area contributed by atoms with Gasteiger partial charge in [0.15, 0.2) is 0 Å². The first-order valence-electron chi connectivity index (χ1n) is 6.83. The minimum Gasteiger partial charge on any atom is -0.339 e. The van der Waals surface area contributed by atoms with Crippen molar-refractivity contribution in [2.24, 2.45) is 5.92 Å². The lowest BCUT2D eigenvalue weighted by atomic mass is 9.98. The molecule has 98 valence electrons. The third kappa shape index (κ3) is 2.89. The van der Waals surface area contributed by atoms with Gasteiger partial charge in [-0.25, -0.2) is 0 Å². The molecule has 0 spiro atoms. The van der Waals surface area contributed by atoms with Crippen LogP contribution < -0.4 is 0 Å². The van der Waals surface area contributed by atoms with Gasteiger partial charge in [0, 0.05) is 30.5 Å². The molecule has 3 nitrogen and oxygen atoms in total. The molecule has 0 atom stereocenters. The molecule has 1 aromatic rings. The van der Waals surface area contributed by atoms with Crippen molar-refractivity contribution in [1.82, 2.24) is 9.88 Å². The summed E-state index contributed by atoms with van der Waals surface area (Å²) in [6, 6.07) is 3.76. The lowest BCUT2D eigenvalue weighted by Gasteiger charge is -2.30. The number of hydrogen-bond donors (Lipinski definition) is 0. The monoisotopic (exact) mass is 246 g/mol. The molecule has 18 heavy (non-hydrogen) atoms. The van der Waals surface area contributed by atoms with Crippen LogP contribution in [0.4, 0.5) is 0 Å². The third-order valence-corrected chi connectivity index (χ3v) is 3.69. The van der Waals surface area contributed by atoms with E-state index in [1.165, 1.54) is 0 Å². The second-order valence-corrected chi connectivity index (χ2v) is 5.60. The Balaban J connectivity index is 2.11. The van der Waals surface area contributed by atoms with E-state index in [-0.39, 0.29) is 5.91 Å². The summed E-state index contributed by atoms with van der Waals surface area (Å²) in [4.78, 5) is 18.7. The fraction of sp³-hybridized carbons (Fsp3) is 0.600. The molecule has 1 fully saturated rings. The number of pyridine rings is 1. The van der Waals surface area contributed by atoms with Crippen LogP contribution in [0.3, 0.4) is 0 Å². The number of piperidine rings is 1. The molecule has 0 saturated carbocycles. The van der Waals surface area contributed by atoms with E-state index < -0.39 is 0 Å². The predicted octanol–water partition coefficient (Wildman–Crippen LogP) is 3.08. The molecule has 1 aromatic heterocycles. The van der Waals surface area contributed by atoms with Crippen LogP contribution in [0.15, 0.2) is 18.3 Å². The van der Waals surface area contributed by atoms with Crippen LogP contribution in [0.1, 0.15) is 55.6 Å². The minimum atomic E-state index is 0.159. The van der Waals surface area contributed by atoms with Gasteiger partial charge in [-0.3, -0.25) is 9.78 Å². The Labute approximate surface area is 109 Å². The molecular formula is C15H22N2O. The zero-order valence-electron chi connectivity index (χ0n) is 11.5. The van der Waals surface area contributed by atoms with Gasteiger partial charge in [-0.15, -0.1) is 0 Å². The first kappa shape index (κ1) is 13.1. The lowest BCUT2D eigenvalue weighted by Crippen LogP contribution is -2.37. The quantitative estimate of drug-likeness (QED) is 0.803. The third-order valence-electron chi connectivity index (χ3n) is 3.69. The summed E-state index contributed by atoms with van der Waals surface area (Å²) in [6.45, 7) is 8.22. The van der Waals surface area contributed by atoms with E-state index in [0.717, 1.165) is 43.1 Å². The standard InChI is InChI=1S/C15H22N2O/c1-11(2)14-10-13(4-7-16-14)15(18)17-8-5-12(3)6-9-17/h4,7,10-12H,5-6,8-9H2,1-3H3. The van der Waals surface area contributed by atoms with Crippen molar-refractivity contribution < 1.29 is 4.79 Å². The highest BCUT2D eigenvalue weighted by atomic mass is 16.2. The molecule has 0 aromatic carbocycles. The van der Waals surface area contributed by atoms with Crippen molar-refractivity contribution in [1.29, 1.82) is 0 Å². The maximum absolute atomic E-state index is 12.4. The maximum Gasteiger partial charge on any atom is 0.253 e. The fourth-order valence-corrected chi connectivity index (χ4v) is 2.29. The minimum absolute atomic E-state index is 0.159. The number of carbonyl (C=O) groups excluding carboxylic acids is 1. The van der Waals surface area contributed by atoms with Crippen molar-refractivity contribution in [3.8, 4) is 0 Å². The highest BCUT2D eigenvalue weighted by Gasteiger charge is 2.21. The fourth-order valence-electron chi connectivity index (χ4n) is 2.29. The van der Waals surface area contributed by atoms with E-state index >= 15 is 0 Å². The highest BCUT2D eigenvalue weighted by molar-refractivity contribution is 5.94. The van der Waals surface area contributed by atoms with E-state index in [4.69, 9.17) is 0 Å². The Bertz CT molecular complexity index is 420. The molecule has 2 heterocycles. The normalized spacial score (nSPS) is 17.2. The number of rotatable bonds is 2. The van der Waals surface area contributed by atoms with Crippen molar-refractivity contribution in [2.45, 2.75) is 39.5 Å². The molecule has 2 rings (SSSR count). The number of hydrogen-bond acceptors (Lipinski definition) is 2. The molecular weight excluding hydrogens is 224 g/mol. The van der Waals surface area contributed by atoms with Gasteiger partial charge in [-0.05, 0) is 36.8 Å². The topological polar surface area (TPSA) is 33.2 Å². The summed E-state index contributed by atoms with van der Waals surface area (Å²) in [5, 5.41) is 0. The number of likely N-dealkylation sites (tertiary alicyclic amines) is 1. The van der Waals surface area contributed by atoms with Crippen molar-refractivity contribution in [3.63, 3.8) is 0 Å². The van der Waals surface area contributed by atoms with Crippen LogP contribution in [0.2, 0.25) is 0 Å². The lowest BCUT2D eigenvalue weighted by molar-refractivity contribution is 0.0697. The van der Waals surface area contributed by atoms with Crippen LogP contribution in [-0.4, -0.2) is 28.9 Å². The number of nitrogens with zero attached hydrogens (tertiary/aromatic N) is 2. The van der Waals surface area contributed by atoms with Crippen molar-refractivity contribution in [3.05, 3.63) is 29.6 Å². The van der Waals surface area contributed by atoms with E-state index in [0.29, 0.717) is 5.92 Å². The molecule has 1 aliphatic heterocycles. The van der Waals surface area contributed by atoms with Gasteiger partial charge in [0.25, 0.3) is 5.91 Å². The molecule has 3 heteroatoms. The van der Waals surface area contributed by atoms with Crippen LogP contribution in [-0.2, 0) is 0 Å². The zero-order chi connectivity index (χ0) is 13.1. The predicted molar refractivity (Wildman–Crippen MR) is 72.6 cm³/mol. The SMILES string of the molecule is CC1CCN(C(=O)c2ccnc(C(C)C)c2)CC1. The van der Waals surface area contributed by atoms with E-state index in [2.05, 4.69) is 25.8 Å². The average Bonchev–Trinajstić information content (AvgIpc) is 2.39. The Morgan fingerprint density at radius 1 is 1.39 bits per heavy atom. The van der Waals surface area contributed by atoms with Gasteiger partial charge >= 0.3 is 0 Å². The van der Waals surface area contributed by atoms with Gasteiger partial charge in [0.2, 0.25) is 0 Å². The number of aromatic nitrogens is 1. The van der Waals surface area contributed by atoms with E-state index in [1.54, 1.807) is 6.20 Å². The Hall–Kier alpha value is -1.38. The Morgan fingerprint density at radius 2 is 2.06 bits per heavy atom. The van der Waals surface area contributed by atoms with Gasteiger partial charge in [-0.1, -0.05) is 20.8 Å². The van der Waals surface area contributed by atoms with Gasteiger partial charge < -0.3 is 4.90 Å². The van der Waals surface area contributed by atoms with Gasteiger partial charge in [0.1, 0.15) is 0 Å². The summed E-state index contributed by atoms with van der Waals surface area (Å²) >= 11 is 0. The van der Waals surface area contributed by atoms with Crippen LogP contribution in [0, 0.1) is 5.92 Å². The summed E-state index contributed by atoms with van der Waals surface area (Å²) in [7, 11) is 0. The zero-order valence-corrected chi connectivity index (χ0v) is 11.5. The van der Waals surface area contributed by atoms with Crippen LogP contribution in [0.5, 0.6) is 0 Å². The molecule has 1 aliphatic rings. The van der Waals surface area contributed by atoms with Gasteiger partial charge in [0.05, 0.1) is 0 Å².